The predicted molar refractivity (Wildman–Crippen MR) is 114 cm³/mol. The molecule has 1 aromatic carbocycles. The maximum Gasteiger partial charge on any atom is 0.417 e. The number of halogens is 3. The molecule has 0 unspecified atom stereocenters. The minimum Gasteiger partial charge on any atom is -0.353 e. The maximum atomic E-state index is 12.7. The molecule has 3 rings (SSSR count). The molecular weight excluding hydrogens is 445 g/mol. The number of piperazine rings is 1. The lowest BCUT2D eigenvalue weighted by Crippen LogP contribution is -2.48. The molecule has 0 spiro atoms. The fraction of sp³-hybridized carbons (Fsp3) is 0.333. The molecule has 1 N–H and O–H groups in total. The number of carbonyl (C=O) groups excluding carboxylic acids is 1. The van der Waals surface area contributed by atoms with Crippen LogP contribution in [0.25, 0.3) is 6.08 Å². The van der Waals surface area contributed by atoms with Crippen LogP contribution in [0.2, 0.25) is 0 Å². The highest BCUT2D eigenvalue weighted by molar-refractivity contribution is 7.89. The molecule has 0 aliphatic carbocycles. The van der Waals surface area contributed by atoms with Crippen LogP contribution >= 0.6 is 0 Å². The van der Waals surface area contributed by atoms with Crippen LogP contribution in [0.3, 0.4) is 0 Å². The highest BCUT2D eigenvalue weighted by Crippen LogP contribution is 2.29. The van der Waals surface area contributed by atoms with Crippen molar-refractivity contribution in [2.45, 2.75) is 18.0 Å². The van der Waals surface area contributed by atoms with Gasteiger partial charge in [0, 0.05) is 45.0 Å². The summed E-state index contributed by atoms with van der Waals surface area (Å²) in [7, 11) is -3.53. The SMILES string of the molecule is CCNS(=O)(=O)c1ccc(/C=C/C(=O)N2CCN(c3ccc(C(F)(F)F)cn3)CC2)cc1. The fourth-order valence-corrected chi connectivity index (χ4v) is 4.24. The molecule has 0 atom stereocenters. The van der Waals surface area contributed by atoms with Gasteiger partial charge in [-0.05, 0) is 35.9 Å². The quantitative estimate of drug-likeness (QED) is 0.660. The number of carbonyl (C=O) groups is 1. The highest BCUT2D eigenvalue weighted by atomic mass is 32.2. The molecule has 1 aromatic heterocycles. The van der Waals surface area contributed by atoms with Crippen LogP contribution in [0.15, 0.2) is 53.6 Å². The van der Waals surface area contributed by atoms with Crippen molar-refractivity contribution in [1.82, 2.24) is 14.6 Å². The monoisotopic (exact) mass is 468 g/mol. The zero-order chi connectivity index (χ0) is 23.4. The van der Waals surface area contributed by atoms with Crippen molar-refractivity contribution in [2.75, 3.05) is 37.6 Å². The third-order valence-electron chi connectivity index (χ3n) is 4.93. The van der Waals surface area contributed by atoms with Crippen LogP contribution in [0, 0.1) is 0 Å². The number of nitrogens with zero attached hydrogens (tertiary/aromatic N) is 3. The number of anilines is 1. The fourth-order valence-electron chi connectivity index (χ4n) is 3.20. The summed E-state index contributed by atoms with van der Waals surface area (Å²) in [4.78, 5) is 20.0. The maximum absolute atomic E-state index is 12.7. The second kappa shape index (κ2) is 9.70. The van der Waals surface area contributed by atoms with E-state index in [1.165, 1.54) is 24.3 Å². The molecule has 1 aliphatic heterocycles. The van der Waals surface area contributed by atoms with Crippen LogP contribution in [-0.2, 0) is 21.0 Å². The Bertz CT molecular complexity index is 1060. The molecule has 7 nitrogen and oxygen atoms in total. The lowest BCUT2D eigenvalue weighted by Gasteiger charge is -2.35. The molecule has 11 heteroatoms. The molecular formula is C21H23F3N4O3S. The number of pyridine rings is 1. The first-order chi connectivity index (χ1) is 15.1. The summed E-state index contributed by atoms with van der Waals surface area (Å²) < 4.78 is 64.3. The van der Waals surface area contributed by atoms with Gasteiger partial charge in [0.15, 0.2) is 0 Å². The number of sulfonamides is 1. The topological polar surface area (TPSA) is 82.6 Å². The van der Waals surface area contributed by atoms with Crippen LogP contribution in [-0.4, -0.2) is 56.9 Å². The molecule has 1 aliphatic rings. The Morgan fingerprint density at radius 1 is 1.09 bits per heavy atom. The number of alkyl halides is 3. The molecule has 1 saturated heterocycles. The zero-order valence-electron chi connectivity index (χ0n) is 17.3. The Morgan fingerprint density at radius 3 is 2.28 bits per heavy atom. The summed E-state index contributed by atoms with van der Waals surface area (Å²) >= 11 is 0. The minimum atomic E-state index is -4.43. The lowest BCUT2D eigenvalue weighted by molar-refractivity contribution is -0.137. The largest absolute Gasteiger partial charge is 0.417 e. The molecule has 1 amide bonds. The number of rotatable bonds is 6. The molecule has 172 valence electrons. The summed E-state index contributed by atoms with van der Waals surface area (Å²) in [5.41, 5.74) is -0.117. The number of benzene rings is 1. The van der Waals surface area contributed by atoms with Gasteiger partial charge in [-0.25, -0.2) is 18.1 Å². The first kappa shape index (κ1) is 23.7. The Morgan fingerprint density at radius 2 is 1.75 bits per heavy atom. The molecule has 0 bridgehead atoms. The van der Waals surface area contributed by atoms with Gasteiger partial charge in [0.2, 0.25) is 15.9 Å². The smallest absolute Gasteiger partial charge is 0.353 e. The predicted octanol–water partition coefficient (Wildman–Crippen LogP) is 2.76. The van der Waals surface area contributed by atoms with Gasteiger partial charge in [0.05, 0.1) is 10.5 Å². The van der Waals surface area contributed by atoms with Gasteiger partial charge in [0.1, 0.15) is 5.82 Å². The standard InChI is InChI=1S/C21H23F3N4O3S/c1-2-26-32(30,31)18-7-3-16(4-8-18)5-10-20(29)28-13-11-27(12-14-28)19-9-6-17(15-25-19)21(22,23)24/h3-10,15,26H,2,11-14H2,1H3/b10-5+. The summed E-state index contributed by atoms with van der Waals surface area (Å²) in [6.45, 7) is 3.71. The second-order valence-corrected chi connectivity index (χ2v) is 8.89. The van der Waals surface area contributed by atoms with Crippen LogP contribution in [0.1, 0.15) is 18.1 Å². The van der Waals surface area contributed by atoms with Gasteiger partial charge in [0.25, 0.3) is 0 Å². The van der Waals surface area contributed by atoms with E-state index in [0.29, 0.717) is 44.1 Å². The molecule has 2 aromatic rings. The lowest BCUT2D eigenvalue weighted by atomic mass is 10.2. The molecule has 1 fully saturated rings. The van der Waals surface area contributed by atoms with Gasteiger partial charge in [-0.3, -0.25) is 4.79 Å². The molecule has 0 radical (unpaired) electrons. The average molecular weight is 469 g/mol. The number of aromatic nitrogens is 1. The Kier molecular flexibility index (Phi) is 7.19. The van der Waals surface area contributed by atoms with Gasteiger partial charge in [-0.15, -0.1) is 0 Å². The van der Waals surface area contributed by atoms with E-state index in [-0.39, 0.29) is 10.8 Å². The van der Waals surface area contributed by atoms with Crippen molar-refractivity contribution in [3.05, 3.63) is 59.8 Å². The zero-order valence-corrected chi connectivity index (χ0v) is 18.2. The van der Waals surface area contributed by atoms with Gasteiger partial charge in [-0.1, -0.05) is 19.1 Å². The van der Waals surface area contributed by atoms with E-state index in [9.17, 15) is 26.4 Å². The van der Waals surface area contributed by atoms with Crippen molar-refractivity contribution >= 4 is 27.8 Å². The second-order valence-electron chi connectivity index (χ2n) is 7.12. The third-order valence-corrected chi connectivity index (χ3v) is 6.50. The van der Waals surface area contributed by atoms with Gasteiger partial charge in [-0.2, -0.15) is 13.2 Å². The summed E-state index contributed by atoms with van der Waals surface area (Å²) in [5, 5.41) is 0. The van der Waals surface area contributed by atoms with Gasteiger partial charge < -0.3 is 9.80 Å². The van der Waals surface area contributed by atoms with Crippen LogP contribution < -0.4 is 9.62 Å². The van der Waals surface area contributed by atoms with Gasteiger partial charge >= 0.3 is 6.18 Å². The van der Waals surface area contributed by atoms with E-state index >= 15 is 0 Å². The van der Waals surface area contributed by atoms with Crippen LogP contribution in [0.4, 0.5) is 19.0 Å². The summed E-state index contributed by atoms with van der Waals surface area (Å²) in [6.07, 6.45) is -0.593. The molecule has 32 heavy (non-hydrogen) atoms. The minimum absolute atomic E-state index is 0.149. The summed E-state index contributed by atoms with van der Waals surface area (Å²) in [5.74, 6) is 0.239. The van der Waals surface area contributed by atoms with Crippen molar-refractivity contribution in [2.24, 2.45) is 0 Å². The van der Waals surface area contributed by atoms with E-state index in [1.54, 1.807) is 30.0 Å². The summed E-state index contributed by atoms with van der Waals surface area (Å²) in [6, 6.07) is 8.50. The molecule has 2 heterocycles. The Hall–Kier alpha value is -2.92. The van der Waals surface area contributed by atoms with E-state index in [1.807, 2.05) is 4.90 Å². The Balaban J connectivity index is 1.55. The first-order valence-electron chi connectivity index (χ1n) is 9.95. The van der Waals surface area contributed by atoms with Crippen molar-refractivity contribution in [3.8, 4) is 0 Å². The highest BCUT2D eigenvalue weighted by Gasteiger charge is 2.31. The third kappa shape index (κ3) is 5.86. The normalized spacial score (nSPS) is 15.4. The first-order valence-corrected chi connectivity index (χ1v) is 11.4. The number of amides is 1. The number of hydrogen-bond acceptors (Lipinski definition) is 5. The molecule has 0 saturated carbocycles. The van der Waals surface area contributed by atoms with E-state index in [2.05, 4.69) is 9.71 Å². The van der Waals surface area contributed by atoms with E-state index in [0.717, 1.165) is 12.3 Å². The van der Waals surface area contributed by atoms with E-state index < -0.39 is 21.8 Å². The Labute approximate surface area is 184 Å². The van der Waals surface area contributed by atoms with E-state index in [4.69, 9.17) is 0 Å². The average Bonchev–Trinajstić information content (AvgIpc) is 2.77. The van der Waals surface area contributed by atoms with Crippen LogP contribution in [0.5, 0.6) is 0 Å². The van der Waals surface area contributed by atoms with Crippen molar-refractivity contribution in [3.63, 3.8) is 0 Å². The number of hydrogen-bond donors (Lipinski definition) is 1. The van der Waals surface area contributed by atoms with Crippen molar-refractivity contribution in [1.29, 1.82) is 0 Å². The van der Waals surface area contributed by atoms with Crippen molar-refractivity contribution < 1.29 is 26.4 Å². The number of nitrogens with one attached hydrogen (secondary N) is 1.